The zero-order chi connectivity index (χ0) is 20.1. The molecule has 7 nitrogen and oxygen atoms in total. The summed E-state index contributed by atoms with van der Waals surface area (Å²) in [6, 6.07) is 1.00. The molecular weight excluding hydrogens is 388 g/mol. The van der Waals surface area contributed by atoms with Crippen molar-refractivity contribution in [2.75, 3.05) is 46.2 Å². The molecule has 0 atom stereocenters. The first-order chi connectivity index (χ1) is 12.0. The first-order valence-corrected chi connectivity index (χ1v) is 18.2. The van der Waals surface area contributed by atoms with Gasteiger partial charge in [0.1, 0.15) is 0 Å². The molecule has 0 saturated carbocycles. The highest BCUT2D eigenvalue weighted by atomic mass is 28.5. The molecule has 0 amide bonds. The van der Waals surface area contributed by atoms with Crippen molar-refractivity contribution in [3.05, 3.63) is 0 Å². The first kappa shape index (κ1) is 26.4. The number of ether oxygens (including phenoxy) is 2. The molecule has 0 spiro atoms. The summed E-state index contributed by atoms with van der Waals surface area (Å²) < 4.78 is 29.4. The van der Waals surface area contributed by atoms with Gasteiger partial charge in [0.25, 0.3) is 0 Å². The number of aliphatic hydroxyl groups excluding tert-OH is 2. The zero-order valence-corrected chi connectivity index (χ0v) is 20.5. The Morgan fingerprint density at radius 2 is 1.15 bits per heavy atom. The van der Waals surface area contributed by atoms with E-state index in [0.29, 0.717) is 33.0 Å². The molecular formula is C16H40O7Si3. The summed E-state index contributed by atoms with van der Waals surface area (Å²) in [4.78, 5) is 0. The second kappa shape index (κ2) is 13.5. The van der Waals surface area contributed by atoms with Crippen LogP contribution in [-0.2, 0) is 22.1 Å². The van der Waals surface area contributed by atoms with Gasteiger partial charge in [-0.05, 0) is 58.2 Å². The monoisotopic (exact) mass is 428 g/mol. The number of aliphatic hydroxyl groups is 2. The molecule has 2 N–H and O–H groups in total. The van der Waals surface area contributed by atoms with Crippen LogP contribution in [0, 0.1) is 0 Å². The van der Waals surface area contributed by atoms with Crippen molar-refractivity contribution in [1.82, 2.24) is 0 Å². The van der Waals surface area contributed by atoms with Gasteiger partial charge in [-0.3, -0.25) is 0 Å². The summed E-state index contributed by atoms with van der Waals surface area (Å²) in [5.74, 6) is 0. The van der Waals surface area contributed by atoms with Crippen molar-refractivity contribution >= 4 is 25.4 Å². The smallest absolute Gasteiger partial charge is 0.322 e. The van der Waals surface area contributed by atoms with Gasteiger partial charge in [-0.2, -0.15) is 0 Å². The molecule has 0 aliphatic heterocycles. The Labute approximate surface area is 162 Å². The molecule has 0 aromatic rings. The minimum atomic E-state index is -2.28. The minimum Gasteiger partial charge on any atom is -0.436 e. The minimum absolute atomic E-state index is 0.0502. The van der Waals surface area contributed by atoms with E-state index in [4.69, 9.17) is 32.3 Å². The molecule has 26 heavy (non-hydrogen) atoms. The summed E-state index contributed by atoms with van der Waals surface area (Å²) in [5, 5.41) is 17.4. The van der Waals surface area contributed by atoms with Crippen LogP contribution in [0.15, 0.2) is 0 Å². The Hall–Kier alpha value is 0.371. The Kier molecular flexibility index (Phi) is 13.7. The molecule has 0 aromatic heterocycles. The third kappa shape index (κ3) is 15.4. The van der Waals surface area contributed by atoms with Crippen LogP contribution in [0.1, 0.15) is 12.8 Å². The largest absolute Gasteiger partial charge is 0.436 e. The highest BCUT2D eigenvalue weighted by molar-refractivity contribution is 6.86. The van der Waals surface area contributed by atoms with E-state index >= 15 is 0 Å². The van der Waals surface area contributed by atoms with Crippen molar-refractivity contribution in [3.8, 4) is 0 Å². The van der Waals surface area contributed by atoms with E-state index < -0.39 is 25.4 Å². The van der Waals surface area contributed by atoms with E-state index in [0.717, 1.165) is 18.9 Å². The van der Waals surface area contributed by atoms with Gasteiger partial charge in [0.2, 0.25) is 0 Å². The average molecular weight is 429 g/mol. The van der Waals surface area contributed by atoms with Gasteiger partial charge < -0.3 is 32.3 Å². The molecule has 0 aliphatic carbocycles. The van der Waals surface area contributed by atoms with Crippen molar-refractivity contribution < 1.29 is 32.3 Å². The van der Waals surface area contributed by atoms with Gasteiger partial charge in [-0.25, -0.2) is 0 Å². The number of hydrogen-bond donors (Lipinski definition) is 2. The Bertz CT molecular complexity index is 355. The van der Waals surface area contributed by atoms with Crippen LogP contribution in [0.5, 0.6) is 0 Å². The standard InChI is InChI=1S/C16H40O7Si3/c1-24(2,16-8-12-20-15-10-18)22-26(5,6)23-25(3,4)21-13-7-11-19-14-9-17/h17-18H,7-16H2,1-6H3. The van der Waals surface area contributed by atoms with Crippen LogP contribution >= 0.6 is 0 Å². The maximum absolute atomic E-state index is 8.72. The lowest BCUT2D eigenvalue weighted by molar-refractivity contribution is 0.0807. The normalized spacial score (nSPS) is 13.4. The highest BCUT2D eigenvalue weighted by Gasteiger charge is 2.40. The quantitative estimate of drug-likeness (QED) is 0.272. The summed E-state index contributed by atoms with van der Waals surface area (Å²) in [7, 11) is -6.37. The molecule has 0 heterocycles. The maximum atomic E-state index is 8.72. The van der Waals surface area contributed by atoms with Crippen LogP contribution in [0.4, 0.5) is 0 Å². The highest BCUT2D eigenvalue weighted by Crippen LogP contribution is 2.24. The molecule has 158 valence electrons. The molecule has 10 heteroatoms. The Morgan fingerprint density at radius 3 is 1.69 bits per heavy atom. The van der Waals surface area contributed by atoms with Gasteiger partial charge in [-0.1, -0.05) is 0 Å². The molecule has 0 rings (SSSR count). The van der Waals surface area contributed by atoms with E-state index in [1.54, 1.807) is 0 Å². The van der Waals surface area contributed by atoms with Gasteiger partial charge in [0, 0.05) is 19.8 Å². The topological polar surface area (TPSA) is 86.6 Å². The van der Waals surface area contributed by atoms with Crippen LogP contribution in [0.3, 0.4) is 0 Å². The molecule has 0 unspecified atom stereocenters. The predicted molar refractivity (Wildman–Crippen MR) is 110 cm³/mol. The summed E-state index contributed by atoms with van der Waals surface area (Å²) in [5.41, 5.74) is 0. The van der Waals surface area contributed by atoms with Crippen molar-refractivity contribution in [3.63, 3.8) is 0 Å². The van der Waals surface area contributed by atoms with E-state index in [1.165, 1.54) is 0 Å². The molecule has 0 bridgehead atoms. The van der Waals surface area contributed by atoms with Gasteiger partial charge in [0.05, 0.1) is 26.4 Å². The van der Waals surface area contributed by atoms with Crippen molar-refractivity contribution in [1.29, 1.82) is 0 Å². The number of hydrogen-bond acceptors (Lipinski definition) is 7. The number of rotatable bonds is 17. The Balaban J connectivity index is 4.20. The van der Waals surface area contributed by atoms with Crippen LogP contribution < -0.4 is 0 Å². The maximum Gasteiger partial charge on any atom is 0.322 e. The van der Waals surface area contributed by atoms with Crippen LogP contribution in [0.2, 0.25) is 45.3 Å². The Morgan fingerprint density at radius 1 is 0.615 bits per heavy atom. The van der Waals surface area contributed by atoms with Gasteiger partial charge in [0.15, 0.2) is 8.32 Å². The zero-order valence-electron chi connectivity index (χ0n) is 17.5. The third-order valence-electron chi connectivity index (χ3n) is 3.44. The molecule has 0 aromatic carbocycles. The molecule has 0 fully saturated rings. The third-order valence-corrected chi connectivity index (χ3v) is 14.0. The lowest BCUT2D eigenvalue weighted by Gasteiger charge is -2.38. The van der Waals surface area contributed by atoms with Crippen molar-refractivity contribution in [2.24, 2.45) is 0 Å². The van der Waals surface area contributed by atoms with Gasteiger partial charge in [-0.15, -0.1) is 0 Å². The van der Waals surface area contributed by atoms with Crippen LogP contribution in [0.25, 0.3) is 0 Å². The average Bonchev–Trinajstić information content (AvgIpc) is 2.48. The predicted octanol–water partition coefficient (Wildman–Crippen LogP) is 2.44. The molecule has 0 saturated heterocycles. The van der Waals surface area contributed by atoms with E-state index in [9.17, 15) is 0 Å². The van der Waals surface area contributed by atoms with E-state index in [-0.39, 0.29) is 13.2 Å². The molecule has 0 aliphatic rings. The second-order valence-corrected chi connectivity index (χ2v) is 19.3. The van der Waals surface area contributed by atoms with Crippen LogP contribution in [-0.4, -0.2) is 81.9 Å². The first-order valence-electron chi connectivity index (χ1n) is 9.45. The lowest BCUT2D eigenvalue weighted by atomic mass is 10.5. The fraction of sp³-hybridized carbons (Fsp3) is 1.00. The van der Waals surface area contributed by atoms with E-state index in [2.05, 4.69) is 39.3 Å². The lowest BCUT2D eigenvalue weighted by Crippen LogP contribution is -2.53. The second-order valence-electron chi connectivity index (χ2n) is 7.74. The summed E-state index contributed by atoms with van der Waals surface area (Å²) in [6.07, 6.45) is 1.73. The SMILES string of the molecule is C[Si](C)(CCCOCCO)O[Si](C)(C)O[Si](C)(C)OCCCOCCO. The summed E-state index contributed by atoms with van der Waals surface area (Å²) >= 11 is 0. The van der Waals surface area contributed by atoms with E-state index in [1.807, 2.05) is 0 Å². The fourth-order valence-electron chi connectivity index (χ4n) is 2.77. The summed E-state index contributed by atoms with van der Waals surface area (Å²) in [6.45, 7) is 15.4. The molecule has 0 radical (unpaired) electrons. The fourth-order valence-corrected chi connectivity index (χ4v) is 15.6. The van der Waals surface area contributed by atoms with Crippen molar-refractivity contribution in [2.45, 2.75) is 58.2 Å². The van der Waals surface area contributed by atoms with Gasteiger partial charge >= 0.3 is 17.1 Å².